The van der Waals surface area contributed by atoms with Gasteiger partial charge in [0.25, 0.3) is 0 Å². The highest BCUT2D eigenvalue weighted by atomic mass is 16.2. The molecule has 0 spiro atoms. The quantitative estimate of drug-likeness (QED) is 0.716. The maximum Gasteiger partial charge on any atom is 0.322 e. The summed E-state index contributed by atoms with van der Waals surface area (Å²) >= 11 is 0. The summed E-state index contributed by atoms with van der Waals surface area (Å²) in [5.41, 5.74) is 1.59. The first-order valence-corrected chi connectivity index (χ1v) is 10.1. The van der Waals surface area contributed by atoms with Crippen LogP contribution in [-0.2, 0) is 0 Å². The topological polar surface area (TPSA) is 92.1 Å². The summed E-state index contributed by atoms with van der Waals surface area (Å²) in [5, 5.41) is 7.18. The lowest BCUT2D eigenvalue weighted by Crippen LogP contribution is -2.50. The standard InChI is InChI=1S/C21H26N8O/c1-15(2)19-24-16(3)14-18(26-19)27-10-12-28(13-11-27)21(30)25-17-6-4-7-22-20(17)29-9-5-8-23-29/h4-9,14-15H,10-13H2,1-3H3,(H,25,30). The second-order valence-corrected chi connectivity index (χ2v) is 7.61. The second kappa shape index (κ2) is 8.48. The Morgan fingerprint density at radius 3 is 2.60 bits per heavy atom. The van der Waals surface area contributed by atoms with E-state index in [0.717, 1.165) is 30.4 Å². The summed E-state index contributed by atoms with van der Waals surface area (Å²) in [5.74, 6) is 2.65. The molecule has 0 saturated carbocycles. The zero-order valence-electron chi connectivity index (χ0n) is 17.5. The van der Waals surface area contributed by atoms with Crippen molar-refractivity contribution in [2.45, 2.75) is 26.7 Å². The zero-order valence-corrected chi connectivity index (χ0v) is 17.5. The van der Waals surface area contributed by atoms with E-state index in [1.165, 1.54) is 0 Å². The van der Waals surface area contributed by atoms with Crippen LogP contribution in [0.15, 0.2) is 42.9 Å². The second-order valence-electron chi connectivity index (χ2n) is 7.61. The molecule has 2 amide bonds. The average Bonchev–Trinajstić information content (AvgIpc) is 3.28. The normalized spacial score (nSPS) is 14.3. The molecule has 1 N–H and O–H groups in total. The largest absolute Gasteiger partial charge is 0.353 e. The van der Waals surface area contributed by atoms with Gasteiger partial charge in [-0.25, -0.2) is 24.4 Å². The van der Waals surface area contributed by atoms with Crippen molar-refractivity contribution in [3.05, 3.63) is 54.4 Å². The van der Waals surface area contributed by atoms with Crippen LogP contribution < -0.4 is 10.2 Å². The molecule has 4 rings (SSSR count). The van der Waals surface area contributed by atoms with Crippen LogP contribution in [-0.4, -0.2) is 61.8 Å². The van der Waals surface area contributed by atoms with Crippen LogP contribution in [0.2, 0.25) is 0 Å². The van der Waals surface area contributed by atoms with Gasteiger partial charge in [-0.05, 0) is 25.1 Å². The van der Waals surface area contributed by atoms with Crippen LogP contribution >= 0.6 is 0 Å². The molecule has 1 saturated heterocycles. The number of nitrogens with one attached hydrogen (secondary N) is 1. The summed E-state index contributed by atoms with van der Waals surface area (Å²) in [6.45, 7) is 8.85. The van der Waals surface area contributed by atoms with Gasteiger partial charge in [-0.15, -0.1) is 0 Å². The van der Waals surface area contributed by atoms with Gasteiger partial charge < -0.3 is 15.1 Å². The number of hydrogen-bond donors (Lipinski definition) is 1. The molecule has 0 bridgehead atoms. The Hall–Kier alpha value is -3.49. The van der Waals surface area contributed by atoms with Crippen LogP contribution in [0.5, 0.6) is 0 Å². The number of hydrogen-bond acceptors (Lipinski definition) is 6. The molecule has 0 aromatic carbocycles. The Morgan fingerprint density at radius 2 is 1.90 bits per heavy atom. The molecule has 0 aliphatic carbocycles. The Kier molecular flexibility index (Phi) is 5.60. The summed E-state index contributed by atoms with van der Waals surface area (Å²) in [4.78, 5) is 30.4. The number of anilines is 2. The number of nitrogens with zero attached hydrogens (tertiary/aromatic N) is 7. The lowest BCUT2D eigenvalue weighted by molar-refractivity contribution is 0.208. The highest BCUT2D eigenvalue weighted by Gasteiger charge is 2.23. The SMILES string of the molecule is Cc1cc(N2CCN(C(=O)Nc3cccnc3-n3cccn3)CC2)nc(C(C)C)n1. The lowest BCUT2D eigenvalue weighted by atomic mass is 10.2. The van der Waals surface area contributed by atoms with Crippen molar-refractivity contribution in [1.29, 1.82) is 0 Å². The van der Waals surface area contributed by atoms with E-state index in [0.29, 0.717) is 24.6 Å². The van der Waals surface area contributed by atoms with E-state index in [4.69, 9.17) is 4.98 Å². The molecule has 4 heterocycles. The Balaban J connectivity index is 1.41. The minimum absolute atomic E-state index is 0.141. The number of aryl methyl sites for hydroxylation is 1. The maximum atomic E-state index is 12.8. The van der Waals surface area contributed by atoms with Gasteiger partial charge in [-0.2, -0.15) is 5.10 Å². The number of piperazine rings is 1. The number of amides is 2. The van der Waals surface area contributed by atoms with Crippen molar-refractivity contribution in [3.63, 3.8) is 0 Å². The fourth-order valence-corrected chi connectivity index (χ4v) is 3.40. The summed E-state index contributed by atoms with van der Waals surface area (Å²) < 4.78 is 1.64. The molecule has 0 atom stereocenters. The van der Waals surface area contributed by atoms with Crippen LogP contribution in [0.4, 0.5) is 16.3 Å². The number of aromatic nitrogens is 5. The van der Waals surface area contributed by atoms with Crippen molar-refractivity contribution in [1.82, 2.24) is 29.6 Å². The molecule has 0 unspecified atom stereocenters. The number of rotatable bonds is 4. The fraction of sp³-hybridized carbons (Fsp3) is 0.381. The predicted octanol–water partition coefficient (Wildman–Crippen LogP) is 2.84. The van der Waals surface area contributed by atoms with E-state index >= 15 is 0 Å². The molecule has 3 aromatic rings. The number of carbonyl (C=O) groups is 1. The molecule has 0 radical (unpaired) electrons. The van der Waals surface area contributed by atoms with Gasteiger partial charge in [0, 0.05) is 62.4 Å². The van der Waals surface area contributed by atoms with E-state index in [-0.39, 0.29) is 11.9 Å². The lowest BCUT2D eigenvalue weighted by Gasteiger charge is -2.35. The highest BCUT2D eigenvalue weighted by Crippen LogP contribution is 2.20. The van der Waals surface area contributed by atoms with E-state index in [2.05, 4.69) is 39.1 Å². The van der Waals surface area contributed by atoms with Gasteiger partial charge in [0.05, 0.1) is 5.69 Å². The van der Waals surface area contributed by atoms with Gasteiger partial charge in [0.1, 0.15) is 11.6 Å². The Morgan fingerprint density at radius 1 is 1.10 bits per heavy atom. The fourth-order valence-electron chi connectivity index (χ4n) is 3.40. The Bertz CT molecular complexity index is 1010. The van der Waals surface area contributed by atoms with Crippen LogP contribution in [0, 0.1) is 6.92 Å². The van der Waals surface area contributed by atoms with Gasteiger partial charge in [0.15, 0.2) is 5.82 Å². The van der Waals surface area contributed by atoms with Crippen molar-refractivity contribution in [3.8, 4) is 5.82 Å². The predicted molar refractivity (Wildman–Crippen MR) is 115 cm³/mol. The van der Waals surface area contributed by atoms with Crippen molar-refractivity contribution in [2.75, 3.05) is 36.4 Å². The van der Waals surface area contributed by atoms with Crippen molar-refractivity contribution < 1.29 is 4.79 Å². The van der Waals surface area contributed by atoms with Gasteiger partial charge in [-0.1, -0.05) is 13.8 Å². The van der Waals surface area contributed by atoms with Crippen LogP contribution in [0.3, 0.4) is 0 Å². The van der Waals surface area contributed by atoms with Gasteiger partial charge >= 0.3 is 6.03 Å². The van der Waals surface area contributed by atoms with E-state index in [1.807, 2.05) is 30.0 Å². The first kappa shape index (κ1) is 19.8. The number of pyridine rings is 1. The molecule has 9 nitrogen and oxygen atoms in total. The van der Waals surface area contributed by atoms with E-state index in [1.54, 1.807) is 29.3 Å². The van der Waals surface area contributed by atoms with Crippen LogP contribution in [0.25, 0.3) is 5.82 Å². The van der Waals surface area contributed by atoms with E-state index in [9.17, 15) is 4.79 Å². The zero-order chi connectivity index (χ0) is 21.1. The van der Waals surface area contributed by atoms with Crippen LogP contribution in [0.1, 0.15) is 31.3 Å². The molecule has 9 heteroatoms. The third-order valence-electron chi connectivity index (χ3n) is 5.01. The first-order chi connectivity index (χ1) is 14.5. The third kappa shape index (κ3) is 4.24. The molecule has 1 fully saturated rings. The summed E-state index contributed by atoms with van der Waals surface area (Å²) in [6.07, 6.45) is 5.16. The highest BCUT2D eigenvalue weighted by molar-refractivity contribution is 5.91. The molecule has 1 aliphatic rings. The smallest absolute Gasteiger partial charge is 0.322 e. The van der Waals surface area contributed by atoms with Crippen molar-refractivity contribution >= 4 is 17.5 Å². The Labute approximate surface area is 175 Å². The number of carbonyl (C=O) groups excluding carboxylic acids is 1. The molecular weight excluding hydrogens is 380 g/mol. The maximum absolute atomic E-state index is 12.8. The third-order valence-corrected chi connectivity index (χ3v) is 5.01. The molecule has 156 valence electrons. The molecule has 3 aromatic heterocycles. The van der Waals surface area contributed by atoms with Crippen molar-refractivity contribution in [2.24, 2.45) is 0 Å². The summed E-state index contributed by atoms with van der Waals surface area (Å²) in [7, 11) is 0. The number of urea groups is 1. The molecular formula is C21H26N8O. The minimum Gasteiger partial charge on any atom is -0.353 e. The first-order valence-electron chi connectivity index (χ1n) is 10.1. The summed E-state index contributed by atoms with van der Waals surface area (Å²) in [6, 6.07) is 7.31. The molecule has 1 aliphatic heterocycles. The molecule has 30 heavy (non-hydrogen) atoms. The van der Waals surface area contributed by atoms with Gasteiger partial charge in [-0.3, -0.25) is 0 Å². The average molecular weight is 406 g/mol. The van der Waals surface area contributed by atoms with Gasteiger partial charge in [0.2, 0.25) is 0 Å². The monoisotopic (exact) mass is 406 g/mol. The van der Waals surface area contributed by atoms with E-state index < -0.39 is 0 Å². The minimum atomic E-state index is -0.141.